The van der Waals surface area contributed by atoms with Crippen molar-refractivity contribution in [1.29, 1.82) is 0 Å². The van der Waals surface area contributed by atoms with Gasteiger partial charge in [-0.05, 0) is 29.8 Å². The minimum Gasteiger partial charge on any atom is -0.465 e. The van der Waals surface area contributed by atoms with E-state index in [2.05, 4.69) is 6.07 Å². The lowest BCUT2D eigenvalue weighted by Crippen LogP contribution is -2.51. The van der Waals surface area contributed by atoms with Gasteiger partial charge < -0.3 is 24.8 Å². The molecule has 2 aromatic carbocycles. The van der Waals surface area contributed by atoms with E-state index in [1.807, 2.05) is 37.3 Å². The number of fused-ring (bicyclic) bond motifs is 1. The maximum absolute atomic E-state index is 9.81. The molecule has 2 aromatic rings. The Bertz CT molecular complexity index is 657. The van der Waals surface area contributed by atoms with E-state index < -0.39 is 24.6 Å². The van der Waals surface area contributed by atoms with E-state index in [0.717, 1.165) is 10.8 Å². The third-order valence-corrected chi connectivity index (χ3v) is 3.95. The molecule has 1 fully saturated rings. The first-order valence-electron chi connectivity index (χ1n) is 7.36. The maximum atomic E-state index is 9.81. The number of rotatable bonds is 3. The molecular formula is C17H20O5. The van der Waals surface area contributed by atoms with Crippen molar-refractivity contribution < 1.29 is 24.8 Å². The molecule has 0 saturated carbocycles. The zero-order valence-corrected chi connectivity index (χ0v) is 12.3. The molecule has 5 nitrogen and oxygen atoms in total. The lowest BCUT2D eigenvalue weighted by molar-refractivity contribution is -0.229. The van der Waals surface area contributed by atoms with E-state index >= 15 is 0 Å². The van der Waals surface area contributed by atoms with Crippen LogP contribution in [-0.2, 0) is 4.74 Å². The molecule has 0 aromatic heterocycles. The van der Waals surface area contributed by atoms with E-state index in [1.165, 1.54) is 5.56 Å². The Morgan fingerprint density at radius 3 is 2.64 bits per heavy atom. The first-order chi connectivity index (χ1) is 10.6. The number of aryl methyl sites for hydroxylation is 1. The van der Waals surface area contributed by atoms with Gasteiger partial charge in [-0.2, -0.15) is 0 Å². The second kappa shape index (κ2) is 6.22. The van der Waals surface area contributed by atoms with Crippen LogP contribution in [0, 0.1) is 6.92 Å². The molecule has 118 valence electrons. The van der Waals surface area contributed by atoms with Crippen LogP contribution in [0.3, 0.4) is 0 Å². The monoisotopic (exact) mass is 304 g/mol. The Morgan fingerprint density at radius 1 is 1.14 bits per heavy atom. The summed E-state index contributed by atoms with van der Waals surface area (Å²) in [5, 5.41) is 30.9. The van der Waals surface area contributed by atoms with Gasteiger partial charge in [-0.25, -0.2) is 0 Å². The highest BCUT2D eigenvalue weighted by Crippen LogP contribution is 2.26. The topological polar surface area (TPSA) is 79.2 Å². The summed E-state index contributed by atoms with van der Waals surface area (Å²) in [6, 6.07) is 11.9. The summed E-state index contributed by atoms with van der Waals surface area (Å²) in [6.07, 6.45) is -3.44. The van der Waals surface area contributed by atoms with E-state index in [0.29, 0.717) is 5.75 Å². The zero-order valence-electron chi connectivity index (χ0n) is 12.3. The molecule has 0 spiro atoms. The Balaban J connectivity index is 1.76. The molecule has 1 saturated heterocycles. The minimum absolute atomic E-state index is 0.156. The Morgan fingerprint density at radius 2 is 1.86 bits per heavy atom. The molecule has 0 bridgehead atoms. The number of hydrogen-bond acceptors (Lipinski definition) is 5. The SMILES string of the molecule is Cc1ccc2cc(O[C@H]3C[C@@H](O)[C@@H](O)[C@@H](CO)O3)ccc2c1. The first-order valence-corrected chi connectivity index (χ1v) is 7.36. The van der Waals surface area contributed by atoms with Crippen molar-refractivity contribution in [2.24, 2.45) is 0 Å². The van der Waals surface area contributed by atoms with Gasteiger partial charge in [0.2, 0.25) is 6.29 Å². The van der Waals surface area contributed by atoms with E-state index in [-0.39, 0.29) is 13.0 Å². The zero-order chi connectivity index (χ0) is 15.7. The summed E-state index contributed by atoms with van der Waals surface area (Å²) in [5.74, 6) is 0.627. The smallest absolute Gasteiger partial charge is 0.202 e. The van der Waals surface area contributed by atoms with Gasteiger partial charge in [-0.1, -0.05) is 29.8 Å². The lowest BCUT2D eigenvalue weighted by atomic mass is 10.0. The normalized spacial score (nSPS) is 28.7. The van der Waals surface area contributed by atoms with Gasteiger partial charge in [-0.15, -0.1) is 0 Å². The Hall–Kier alpha value is -1.66. The second-order valence-corrected chi connectivity index (χ2v) is 5.71. The van der Waals surface area contributed by atoms with Crippen molar-refractivity contribution >= 4 is 10.8 Å². The molecule has 0 amide bonds. The Kier molecular flexibility index (Phi) is 4.31. The fraction of sp³-hybridized carbons (Fsp3) is 0.412. The third-order valence-electron chi connectivity index (χ3n) is 3.95. The number of aliphatic hydroxyl groups is 3. The van der Waals surface area contributed by atoms with Crippen molar-refractivity contribution in [1.82, 2.24) is 0 Å². The summed E-state index contributed by atoms with van der Waals surface area (Å²) in [7, 11) is 0. The van der Waals surface area contributed by atoms with Crippen molar-refractivity contribution in [3.63, 3.8) is 0 Å². The molecule has 0 unspecified atom stereocenters. The number of ether oxygens (including phenoxy) is 2. The van der Waals surface area contributed by atoms with Crippen LogP contribution >= 0.6 is 0 Å². The fourth-order valence-electron chi connectivity index (χ4n) is 2.71. The summed E-state index contributed by atoms with van der Waals surface area (Å²) in [6.45, 7) is 1.68. The highest BCUT2D eigenvalue weighted by atomic mass is 16.7. The van der Waals surface area contributed by atoms with Crippen molar-refractivity contribution in [3.05, 3.63) is 42.0 Å². The third kappa shape index (κ3) is 3.08. The fourth-order valence-corrected chi connectivity index (χ4v) is 2.71. The molecule has 1 aliphatic heterocycles. The van der Waals surface area contributed by atoms with E-state index in [1.54, 1.807) is 0 Å². The van der Waals surface area contributed by atoms with Gasteiger partial charge in [0, 0.05) is 6.42 Å². The molecule has 1 heterocycles. The van der Waals surface area contributed by atoms with Crippen molar-refractivity contribution in [3.8, 4) is 5.75 Å². The summed E-state index contributed by atoms with van der Waals surface area (Å²) in [5.41, 5.74) is 1.19. The van der Waals surface area contributed by atoms with Crippen LogP contribution in [0.25, 0.3) is 10.8 Å². The van der Waals surface area contributed by atoms with Crippen LogP contribution in [0.15, 0.2) is 36.4 Å². The van der Waals surface area contributed by atoms with Crippen LogP contribution < -0.4 is 4.74 Å². The van der Waals surface area contributed by atoms with Crippen LogP contribution in [0.4, 0.5) is 0 Å². The Labute approximate surface area is 128 Å². The quantitative estimate of drug-likeness (QED) is 0.798. The molecular weight excluding hydrogens is 284 g/mol. The van der Waals surface area contributed by atoms with Crippen LogP contribution in [0.5, 0.6) is 5.75 Å². The number of benzene rings is 2. The van der Waals surface area contributed by atoms with E-state index in [4.69, 9.17) is 9.47 Å². The second-order valence-electron chi connectivity index (χ2n) is 5.71. The average Bonchev–Trinajstić information content (AvgIpc) is 2.51. The van der Waals surface area contributed by atoms with E-state index in [9.17, 15) is 15.3 Å². The lowest BCUT2D eigenvalue weighted by Gasteiger charge is -2.36. The van der Waals surface area contributed by atoms with Crippen molar-refractivity contribution in [2.45, 2.75) is 37.9 Å². The highest BCUT2D eigenvalue weighted by molar-refractivity contribution is 5.84. The summed E-state index contributed by atoms with van der Waals surface area (Å²) < 4.78 is 11.2. The average molecular weight is 304 g/mol. The molecule has 0 aliphatic carbocycles. The molecule has 22 heavy (non-hydrogen) atoms. The van der Waals surface area contributed by atoms with Gasteiger partial charge in [0.25, 0.3) is 0 Å². The van der Waals surface area contributed by atoms with Gasteiger partial charge in [0.1, 0.15) is 18.0 Å². The number of aliphatic hydroxyl groups excluding tert-OH is 3. The predicted molar refractivity (Wildman–Crippen MR) is 81.7 cm³/mol. The van der Waals surface area contributed by atoms with Gasteiger partial charge in [0.15, 0.2) is 0 Å². The van der Waals surface area contributed by atoms with Gasteiger partial charge in [0.05, 0.1) is 12.7 Å². The molecule has 3 N–H and O–H groups in total. The minimum atomic E-state index is -1.09. The standard InChI is InChI=1S/C17H20O5/c1-10-2-3-12-7-13(5-4-11(12)6-10)21-16-8-14(19)17(20)15(9-18)22-16/h2-7,14-20H,8-9H2,1H3/t14-,15-,16-,17-/m1/s1. The number of hydrogen-bond donors (Lipinski definition) is 3. The molecule has 4 atom stereocenters. The first kappa shape index (κ1) is 15.2. The maximum Gasteiger partial charge on any atom is 0.202 e. The molecule has 5 heteroatoms. The summed E-state index contributed by atoms with van der Waals surface area (Å²) in [4.78, 5) is 0. The highest BCUT2D eigenvalue weighted by Gasteiger charge is 2.37. The van der Waals surface area contributed by atoms with Crippen LogP contribution in [0.1, 0.15) is 12.0 Å². The van der Waals surface area contributed by atoms with Crippen molar-refractivity contribution in [2.75, 3.05) is 6.61 Å². The molecule has 1 aliphatic rings. The summed E-state index contributed by atoms with van der Waals surface area (Å²) >= 11 is 0. The molecule has 0 radical (unpaired) electrons. The van der Waals surface area contributed by atoms with Gasteiger partial charge in [-0.3, -0.25) is 0 Å². The molecule has 3 rings (SSSR count). The van der Waals surface area contributed by atoms with Crippen LogP contribution in [-0.4, -0.2) is 46.5 Å². The largest absolute Gasteiger partial charge is 0.465 e. The predicted octanol–water partition coefficient (Wildman–Crippen LogP) is 1.36. The van der Waals surface area contributed by atoms with Gasteiger partial charge >= 0.3 is 0 Å². The van der Waals surface area contributed by atoms with Crippen LogP contribution in [0.2, 0.25) is 0 Å².